The quantitative estimate of drug-likeness (QED) is 0.726. The van der Waals surface area contributed by atoms with E-state index in [1.165, 1.54) is 18.2 Å². The van der Waals surface area contributed by atoms with Crippen molar-refractivity contribution in [3.05, 3.63) is 58.9 Å². The SMILES string of the molecule is CCCOC(=O)c1ccc(NC(=O)CNc2ccc(F)c(Cl)c2)cc1. The summed E-state index contributed by atoms with van der Waals surface area (Å²) in [4.78, 5) is 23.6. The maximum atomic E-state index is 13.1. The van der Waals surface area contributed by atoms with Crippen LogP contribution in [0.15, 0.2) is 42.5 Å². The van der Waals surface area contributed by atoms with Gasteiger partial charge < -0.3 is 15.4 Å². The number of nitrogens with one attached hydrogen (secondary N) is 2. The van der Waals surface area contributed by atoms with Crippen LogP contribution in [0.2, 0.25) is 5.02 Å². The van der Waals surface area contributed by atoms with Gasteiger partial charge in [-0.1, -0.05) is 18.5 Å². The fraction of sp³-hybridized carbons (Fsp3) is 0.222. The molecule has 5 nitrogen and oxygen atoms in total. The van der Waals surface area contributed by atoms with Crippen molar-refractivity contribution < 1.29 is 18.7 Å². The number of halogens is 2. The predicted octanol–water partition coefficient (Wildman–Crippen LogP) is 4.10. The Bertz CT molecular complexity index is 750. The second kappa shape index (κ2) is 9.03. The van der Waals surface area contributed by atoms with E-state index in [-0.39, 0.29) is 17.5 Å². The lowest BCUT2D eigenvalue weighted by molar-refractivity contribution is -0.114. The zero-order valence-electron chi connectivity index (χ0n) is 13.6. The van der Waals surface area contributed by atoms with Crippen molar-refractivity contribution in [2.75, 3.05) is 23.8 Å². The van der Waals surface area contributed by atoms with Gasteiger partial charge in [-0.2, -0.15) is 0 Å². The molecule has 0 atom stereocenters. The van der Waals surface area contributed by atoms with Gasteiger partial charge in [-0.25, -0.2) is 9.18 Å². The maximum absolute atomic E-state index is 13.1. The van der Waals surface area contributed by atoms with Crippen LogP contribution in [0.3, 0.4) is 0 Å². The van der Waals surface area contributed by atoms with Crippen molar-refractivity contribution in [2.24, 2.45) is 0 Å². The van der Waals surface area contributed by atoms with Crippen LogP contribution in [0.1, 0.15) is 23.7 Å². The van der Waals surface area contributed by atoms with E-state index in [4.69, 9.17) is 16.3 Å². The zero-order chi connectivity index (χ0) is 18.2. The molecular weight excluding hydrogens is 347 g/mol. The van der Waals surface area contributed by atoms with Crippen molar-refractivity contribution in [3.63, 3.8) is 0 Å². The van der Waals surface area contributed by atoms with Gasteiger partial charge in [0, 0.05) is 11.4 Å². The van der Waals surface area contributed by atoms with Crippen LogP contribution in [0.4, 0.5) is 15.8 Å². The van der Waals surface area contributed by atoms with Gasteiger partial charge >= 0.3 is 5.97 Å². The summed E-state index contributed by atoms with van der Waals surface area (Å²) in [5.74, 6) is -1.20. The van der Waals surface area contributed by atoms with Gasteiger partial charge in [0.1, 0.15) is 5.82 Å². The first-order valence-electron chi connectivity index (χ1n) is 7.75. The largest absolute Gasteiger partial charge is 0.462 e. The first kappa shape index (κ1) is 18.7. The number of anilines is 2. The molecule has 2 N–H and O–H groups in total. The molecule has 0 unspecified atom stereocenters. The number of hydrogen-bond acceptors (Lipinski definition) is 4. The standard InChI is InChI=1S/C18H18ClFN2O3/c1-2-9-25-18(24)12-3-5-13(6-4-12)22-17(23)11-21-14-7-8-16(20)15(19)10-14/h3-8,10,21H,2,9,11H2,1H3,(H,22,23). The van der Waals surface area contributed by atoms with E-state index in [1.807, 2.05) is 6.92 Å². The first-order valence-corrected chi connectivity index (χ1v) is 8.13. The molecule has 7 heteroatoms. The van der Waals surface area contributed by atoms with Crippen LogP contribution in [0.5, 0.6) is 0 Å². The van der Waals surface area contributed by atoms with Crippen LogP contribution < -0.4 is 10.6 Å². The molecule has 1 amide bonds. The van der Waals surface area contributed by atoms with Crippen LogP contribution in [-0.2, 0) is 9.53 Å². The van der Waals surface area contributed by atoms with Crippen molar-refractivity contribution in [1.82, 2.24) is 0 Å². The monoisotopic (exact) mass is 364 g/mol. The minimum Gasteiger partial charge on any atom is -0.462 e. The van der Waals surface area contributed by atoms with Gasteiger partial charge in [0.15, 0.2) is 0 Å². The average molecular weight is 365 g/mol. The lowest BCUT2D eigenvalue weighted by Crippen LogP contribution is -2.21. The Morgan fingerprint density at radius 2 is 1.80 bits per heavy atom. The fourth-order valence-corrected chi connectivity index (χ4v) is 2.14. The molecule has 0 saturated carbocycles. The molecule has 0 aliphatic heterocycles. The van der Waals surface area contributed by atoms with Crippen molar-refractivity contribution in [3.8, 4) is 0 Å². The molecule has 0 spiro atoms. The summed E-state index contributed by atoms with van der Waals surface area (Å²) in [6.45, 7) is 2.28. The Morgan fingerprint density at radius 3 is 2.44 bits per heavy atom. The molecule has 0 aromatic heterocycles. The molecule has 0 fully saturated rings. The predicted molar refractivity (Wildman–Crippen MR) is 95.5 cm³/mol. The normalized spacial score (nSPS) is 10.2. The molecule has 0 aliphatic carbocycles. The number of benzene rings is 2. The summed E-state index contributed by atoms with van der Waals surface area (Å²) in [7, 11) is 0. The minimum atomic E-state index is -0.519. The van der Waals surface area contributed by atoms with Gasteiger partial charge in [-0.05, 0) is 48.9 Å². The Labute approximate surface area is 150 Å². The second-order valence-electron chi connectivity index (χ2n) is 5.24. The third-order valence-corrected chi connectivity index (χ3v) is 3.50. The van der Waals surface area contributed by atoms with E-state index >= 15 is 0 Å². The molecule has 0 heterocycles. The molecule has 25 heavy (non-hydrogen) atoms. The summed E-state index contributed by atoms with van der Waals surface area (Å²) in [6, 6.07) is 10.5. The fourth-order valence-electron chi connectivity index (χ4n) is 1.96. The van der Waals surface area contributed by atoms with E-state index in [2.05, 4.69) is 10.6 Å². The Hall–Kier alpha value is -2.60. The van der Waals surface area contributed by atoms with Crippen LogP contribution in [0, 0.1) is 5.82 Å². The van der Waals surface area contributed by atoms with E-state index in [9.17, 15) is 14.0 Å². The molecule has 0 radical (unpaired) electrons. The molecule has 2 aromatic rings. The van der Waals surface area contributed by atoms with Crippen LogP contribution in [-0.4, -0.2) is 25.0 Å². The van der Waals surface area contributed by atoms with E-state index in [0.717, 1.165) is 6.42 Å². The number of esters is 1. The topological polar surface area (TPSA) is 67.4 Å². The summed E-state index contributed by atoms with van der Waals surface area (Å²) >= 11 is 5.68. The number of hydrogen-bond donors (Lipinski definition) is 2. The third-order valence-electron chi connectivity index (χ3n) is 3.21. The summed E-state index contributed by atoms with van der Waals surface area (Å²) < 4.78 is 18.1. The summed E-state index contributed by atoms with van der Waals surface area (Å²) in [6.07, 6.45) is 0.756. The number of carbonyl (C=O) groups is 2. The highest BCUT2D eigenvalue weighted by atomic mass is 35.5. The first-order chi connectivity index (χ1) is 12.0. The number of ether oxygens (including phenoxy) is 1. The van der Waals surface area contributed by atoms with Crippen LogP contribution >= 0.6 is 11.6 Å². The molecule has 132 valence electrons. The van der Waals surface area contributed by atoms with Gasteiger partial charge in [0.05, 0.1) is 23.7 Å². The van der Waals surface area contributed by atoms with Crippen molar-refractivity contribution >= 4 is 34.9 Å². The third kappa shape index (κ3) is 5.76. The van der Waals surface area contributed by atoms with E-state index < -0.39 is 11.8 Å². The number of amides is 1. The van der Waals surface area contributed by atoms with Crippen molar-refractivity contribution in [2.45, 2.75) is 13.3 Å². The highest BCUT2D eigenvalue weighted by molar-refractivity contribution is 6.31. The maximum Gasteiger partial charge on any atom is 0.338 e. The Kier molecular flexibility index (Phi) is 6.77. The minimum absolute atomic E-state index is 0.0117. The van der Waals surface area contributed by atoms with E-state index in [0.29, 0.717) is 23.5 Å². The summed E-state index contributed by atoms with van der Waals surface area (Å²) in [5.41, 5.74) is 1.51. The average Bonchev–Trinajstić information content (AvgIpc) is 2.61. The Morgan fingerprint density at radius 1 is 1.12 bits per heavy atom. The lowest BCUT2D eigenvalue weighted by Gasteiger charge is -2.09. The molecule has 0 bridgehead atoms. The molecule has 2 aromatic carbocycles. The Balaban J connectivity index is 1.85. The summed E-state index contributed by atoms with van der Waals surface area (Å²) in [5, 5.41) is 5.52. The van der Waals surface area contributed by atoms with Gasteiger partial charge in [0.25, 0.3) is 0 Å². The van der Waals surface area contributed by atoms with Gasteiger partial charge in [-0.15, -0.1) is 0 Å². The van der Waals surface area contributed by atoms with E-state index in [1.54, 1.807) is 24.3 Å². The highest BCUT2D eigenvalue weighted by Gasteiger charge is 2.08. The smallest absolute Gasteiger partial charge is 0.338 e. The molecule has 2 rings (SSSR count). The van der Waals surface area contributed by atoms with Crippen LogP contribution in [0.25, 0.3) is 0 Å². The zero-order valence-corrected chi connectivity index (χ0v) is 14.4. The second-order valence-corrected chi connectivity index (χ2v) is 5.65. The van der Waals surface area contributed by atoms with Crippen molar-refractivity contribution in [1.29, 1.82) is 0 Å². The van der Waals surface area contributed by atoms with Gasteiger partial charge in [-0.3, -0.25) is 4.79 Å². The lowest BCUT2D eigenvalue weighted by atomic mass is 10.2. The number of carbonyl (C=O) groups excluding carboxylic acids is 2. The highest BCUT2D eigenvalue weighted by Crippen LogP contribution is 2.19. The van der Waals surface area contributed by atoms with Gasteiger partial charge in [0.2, 0.25) is 5.91 Å². The molecule has 0 saturated heterocycles. The molecular formula is C18H18ClFN2O3. The number of rotatable bonds is 7. The molecule has 0 aliphatic rings.